The Labute approximate surface area is 130 Å². The third-order valence-electron chi connectivity index (χ3n) is 2.64. The molecule has 0 aliphatic rings. The fourth-order valence-corrected chi connectivity index (χ4v) is 1.96. The number of ether oxygens (including phenoxy) is 2. The maximum Gasteiger partial charge on any atom is 0.325 e. The largest absolute Gasteiger partial charge is 0.468 e. The van der Waals surface area contributed by atoms with Crippen LogP contribution in [-0.4, -0.2) is 50.1 Å². The number of hydrogen-bond acceptors (Lipinski definition) is 6. The highest BCUT2D eigenvalue weighted by molar-refractivity contribution is 9.10. The third kappa shape index (κ3) is 4.45. The van der Waals surface area contributed by atoms with Gasteiger partial charge >= 0.3 is 11.9 Å². The molecule has 0 radical (unpaired) electrons. The maximum absolute atomic E-state index is 12.4. The molecule has 1 amide bonds. The number of anilines is 1. The lowest BCUT2D eigenvalue weighted by Crippen LogP contribution is -2.40. The van der Waals surface area contributed by atoms with E-state index in [4.69, 9.17) is 5.73 Å². The molecular formula is C13H15BrN2O5. The quantitative estimate of drug-likeness (QED) is 0.617. The molecule has 114 valence electrons. The summed E-state index contributed by atoms with van der Waals surface area (Å²) in [7, 11) is 2.39. The molecular weight excluding hydrogens is 344 g/mol. The number of methoxy groups -OCH3 is 2. The number of hydrogen-bond donors (Lipinski definition) is 1. The Hall–Kier alpha value is -2.09. The minimum absolute atomic E-state index is 0.239. The van der Waals surface area contributed by atoms with E-state index in [-0.39, 0.29) is 18.7 Å². The number of benzene rings is 1. The zero-order valence-corrected chi connectivity index (χ0v) is 13.2. The van der Waals surface area contributed by atoms with Crippen LogP contribution in [0, 0.1) is 0 Å². The Morgan fingerprint density at radius 2 is 1.67 bits per heavy atom. The van der Waals surface area contributed by atoms with E-state index in [0.29, 0.717) is 10.2 Å². The van der Waals surface area contributed by atoms with Crippen molar-refractivity contribution >= 4 is 39.5 Å². The molecule has 0 saturated carbocycles. The molecule has 1 rings (SSSR count). The maximum atomic E-state index is 12.4. The number of rotatable bonds is 5. The first-order valence-corrected chi connectivity index (χ1v) is 6.66. The van der Waals surface area contributed by atoms with Crippen LogP contribution in [0.5, 0.6) is 0 Å². The molecule has 0 atom stereocenters. The minimum atomic E-state index is -0.646. The standard InChI is InChI=1S/C13H15BrN2O5/c1-20-10(17)6-16(7-11(18)21-2)13(19)8-4-3-5-9(15)12(8)14/h3-5H,6-7,15H2,1-2H3. The molecule has 0 bridgehead atoms. The first-order valence-electron chi connectivity index (χ1n) is 5.87. The average Bonchev–Trinajstić information content (AvgIpc) is 2.48. The van der Waals surface area contributed by atoms with Gasteiger partial charge in [-0.15, -0.1) is 0 Å². The lowest BCUT2D eigenvalue weighted by atomic mass is 10.1. The summed E-state index contributed by atoms with van der Waals surface area (Å²) in [6.45, 7) is -0.739. The molecule has 1 aromatic carbocycles. The van der Waals surface area contributed by atoms with Crippen molar-refractivity contribution < 1.29 is 23.9 Å². The van der Waals surface area contributed by atoms with Gasteiger partial charge in [-0.05, 0) is 28.1 Å². The number of carbonyl (C=O) groups excluding carboxylic acids is 3. The molecule has 0 aliphatic heterocycles. The van der Waals surface area contributed by atoms with Crippen LogP contribution in [-0.2, 0) is 19.1 Å². The monoisotopic (exact) mass is 358 g/mol. The summed E-state index contributed by atoms with van der Waals surface area (Å²) in [5.74, 6) is -1.83. The summed E-state index contributed by atoms with van der Waals surface area (Å²) in [6.07, 6.45) is 0. The molecule has 0 aromatic heterocycles. The molecule has 0 heterocycles. The van der Waals surface area contributed by atoms with Crippen LogP contribution < -0.4 is 5.73 Å². The number of esters is 2. The summed E-state index contributed by atoms with van der Waals surface area (Å²) >= 11 is 3.21. The van der Waals surface area contributed by atoms with E-state index in [0.717, 1.165) is 4.90 Å². The van der Waals surface area contributed by atoms with Crippen LogP contribution in [0.3, 0.4) is 0 Å². The van der Waals surface area contributed by atoms with E-state index < -0.39 is 17.8 Å². The van der Waals surface area contributed by atoms with Crippen molar-refractivity contribution in [3.8, 4) is 0 Å². The van der Waals surface area contributed by atoms with Gasteiger partial charge in [-0.3, -0.25) is 14.4 Å². The number of nitrogen functional groups attached to an aromatic ring is 1. The first-order chi connectivity index (χ1) is 9.90. The molecule has 0 spiro atoms. The number of halogens is 1. The summed E-state index contributed by atoms with van der Waals surface area (Å²) in [5.41, 5.74) is 6.32. The van der Waals surface area contributed by atoms with Crippen LogP contribution in [0.1, 0.15) is 10.4 Å². The Bertz CT molecular complexity index is 543. The van der Waals surface area contributed by atoms with Crippen molar-refractivity contribution in [2.24, 2.45) is 0 Å². The van der Waals surface area contributed by atoms with Crippen molar-refractivity contribution in [3.05, 3.63) is 28.2 Å². The molecule has 1 aromatic rings. The zero-order chi connectivity index (χ0) is 16.0. The van der Waals surface area contributed by atoms with Gasteiger partial charge in [-0.25, -0.2) is 0 Å². The summed E-state index contributed by atoms with van der Waals surface area (Å²) in [4.78, 5) is 36.2. The van der Waals surface area contributed by atoms with Gasteiger partial charge < -0.3 is 20.1 Å². The van der Waals surface area contributed by atoms with Crippen molar-refractivity contribution in [1.82, 2.24) is 4.90 Å². The number of nitrogens with two attached hydrogens (primary N) is 1. The summed E-state index contributed by atoms with van der Waals surface area (Å²) < 4.78 is 9.43. The second kappa shape index (κ2) is 7.63. The highest BCUT2D eigenvalue weighted by atomic mass is 79.9. The van der Waals surface area contributed by atoms with E-state index >= 15 is 0 Å². The lowest BCUT2D eigenvalue weighted by Gasteiger charge is -2.21. The molecule has 0 unspecified atom stereocenters. The molecule has 7 nitrogen and oxygen atoms in total. The number of carbonyl (C=O) groups is 3. The zero-order valence-electron chi connectivity index (χ0n) is 11.6. The normalized spacial score (nSPS) is 9.86. The van der Waals surface area contributed by atoms with E-state index in [2.05, 4.69) is 25.4 Å². The molecule has 21 heavy (non-hydrogen) atoms. The van der Waals surface area contributed by atoms with E-state index in [1.165, 1.54) is 20.3 Å². The molecule has 8 heteroatoms. The van der Waals surface area contributed by atoms with Crippen molar-refractivity contribution in [2.45, 2.75) is 0 Å². The van der Waals surface area contributed by atoms with E-state index in [1.54, 1.807) is 12.1 Å². The van der Waals surface area contributed by atoms with Gasteiger partial charge in [0, 0.05) is 5.69 Å². The Morgan fingerprint density at radius 3 is 2.14 bits per heavy atom. The molecule has 0 saturated heterocycles. The summed E-state index contributed by atoms with van der Waals surface area (Å²) in [5, 5.41) is 0. The summed E-state index contributed by atoms with van der Waals surface area (Å²) in [6, 6.07) is 4.75. The Kier molecular flexibility index (Phi) is 6.16. The van der Waals surface area contributed by atoms with Gasteiger partial charge in [0.25, 0.3) is 5.91 Å². The molecule has 2 N–H and O–H groups in total. The highest BCUT2D eigenvalue weighted by Gasteiger charge is 2.24. The van der Waals surface area contributed by atoms with Crippen molar-refractivity contribution in [2.75, 3.05) is 33.0 Å². The highest BCUT2D eigenvalue weighted by Crippen LogP contribution is 2.24. The first kappa shape index (κ1) is 17.0. The van der Waals surface area contributed by atoms with Crippen molar-refractivity contribution in [1.29, 1.82) is 0 Å². The van der Waals surface area contributed by atoms with Crippen LogP contribution in [0.25, 0.3) is 0 Å². The van der Waals surface area contributed by atoms with E-state index in [9.17, 15) is 14.4 Å². The van der Waals surface area contributed by atoms with Gasteiger partial charge in [0.1, 0.15) is 13.1 Å². The predicted octanol–water partition coefficient (Wildman–Crippen LogP) is 0.819. The smallest absolute Gasteiger partial charge is 0.325 e. The van der Waals surface area contributed by atoms with Crippen LogP contribution in [0.4, 0.5) is 5.69 Å². The Morgan fingerprint density at radius 1 is 1.14 bits per heavy atom. The number of amides is 1. The number of nitrogens with zero attached hydrogens (tertiary/aromatic N) is 1. The van der Waals surface area contributed by atoms with Gasteiger partial charge in [-0.1, -0.05) is 6.07 Å². The van der Waals surface area contributed by atoms with Gasteiger partial charge in [0.15, 0.2) is 0 Å². The van der Waals surface area contributed by atoms with Crippen LogP contribution in [0.2, 0.25) is 0 Å². The van der Waals surface area contributed by atoms with E-state index in [1.807, 2.05) is 0 Å². The topological polar surface area (TPSA) is 98.9 Å². The molecule has 0 aliphatic carbocycles. The van der Waals surface area contributed by atoms with Crippen molar-refractivity contribution in [3.63, 3.8) is 0 Å². The lowest BCUT2D eigenvalue weighted by molar-refractivity contribution is -0.144. The fourth-order valence-electron chi connectivity index (χ4n) is 1.53. The SMILES string of the molecule is COC(=O)CN(CC(=O)OC)C(=O)c1cccc(N)c1Br. The average molecular weight is 359 g/mol. The predicted molar refractivity (Wildman–Crippen MR) is 78.5 cm³/mol. The van der Waals surface area contributed by atoms with Gasteiger partial charge in [-0.2, -0.15) is 0 Å². The van der Waals surface area contributed by atoms with Crippen LogP contribution >= 0.6 is 15.9 Å². The fraction of sp³-hybridized carbons (Fsp3) is 0.308. The van der Waals surface area contributed by atoms with Gasteiger partial charge in [0.05, 0.1) is 24.3 Å². The van der Waals surface area contributed by atoms with Gasteiger partial charge in [0.2, 0.25) is 0 Å². The molecule has 0 fully saturated rings. The Balaban J connectivity index is 3.06. The third-order valence-corrected chi connectivity index (χ3v) is 3.53. The van der Waals surface area contributed by atoms with Crippen LogP contribution in [0.15, 0.2) is 22.7 Å². The minimum Gasteiger partial charge on any atom is -0.468 e. The second-order valence-corrected chi connectivity index (χ2v) is 4.82. The second-order valence-electron chi connectivity index (χ2n) is 4.02.